The summed E-state index contributed by atoms with van der Waals surface area (Å²) in [6.45, 7) is -0.474. The Bertz CT molecular complexity index is 777. The van der Waals surface area contributed by atoms with Gasteiger partial charge in [0.1, 0.15) is 18.7 Å². The van der Waals surface area contributed by atoms with Crippen LogP contribution < -0.4 is 0 Å². The summed E-state index contributed by atoms with van der Waals surface area (Å²) in [5.74, 6) is -0.972. The number of ether oxygens (including phenoxy) is 1. The van der Waals surface area contributed by atoms with E-state index in [1.807, 2.05) is 6.07 Å². The highest BCUT2D eigenvalue weighted by Crippen LogP contribution is 2.39. The van der Waals surface area contributed by atoms with Gasteiger partial charge in [-0.1, -0.05) is 37.5 Å². The van der Waals surface area contributed by atoms with Gasteiger partial charge in [0.15, 0.2) is 0 Å². The van der Waals surface area contributed by atoms with Crippen molar-refractivity contribution in [2.24, 2.45) is 0 Å². The van der Waals surface area contributed by atoms with Crippen molar-refractivity contribution >= 4 is 17.9 Å². The lowest BCUT2D eigenvalue weighted by atomic mass is 9.81. The van der Waals surface area contributed by atoms with Gasteiger partial charge in [0, 0.05) is 12.6 Å². The lowest BCUT2D eigenvalue weighted by Crippen LogP contribution is -2.49. The van der Waals surface area contributed by atoms with Gasteiger partial charge >= 0.3 is 12.0 Å². The third kappa shape index (κ3) is 3.03. The van der Waals surface area contributed by atoms with Gasteiger partial charge in [0.05, 0.1) is 11.6 Å². The fourth-order valence-electron chi connectivity index (χ4n) is 3.76. The smallest absolute Gasteiger partial charge is 0.327 e. The minimum absolute atomic E-state index is 0.0697. The first-order valence-corrected chi connectivity index (χ1v) is 8.73. The highest BCUT2D eigenvalue weighted by Gasteiger charge is 2.55. The van der Waals surface area contributed by atoms with Crippen LogP contribution in [0.1, 0.15) is 43.2 Å². The maximum absolute atomic E-state index is 12.8. The quantitative estimate of drug-likeness (QED) is 0.610. The van der Waals surface area contributed by atoms with Crippen molar-refractivity contribution in [3.8, 4) is 6.07 Å². The predicted octanol–water partition coefficient (Wildman–Crippen LogP) is 2.20. The number of nitrogens with zero attached hydrogens (tertiary/aromatic N) is 3. The van der Waals surface area contributed by atoms with Crippen molar-refractivity contribution in [2.75, 3.05) is 13.6 Å². The highest BCUT2D eigenvalue weighted by atomic mass is 16.5. The number of rotatable bonds is 4. The van der Waals surface area contributed by atoms with Gasteiger partial charge in [-0.15, -0.1) is 0 Å². The van der Waals surface area contributed by atoms with Crippen molar-refractivity contribution in [3.63, 3.8) is 0 Å². The molecule has 3 amide bonds. The second kappa shape index (κ2) is 7.16. The zero-order valence-corrected chi connectivity index (χ0v) is 14.7. The Kier molecular flexibility index (Phi) is 4.94. The number of carbonyl (C=O) groups excluding carboxylic acids is 3. The van der Waals surface area contributed by atoms with Crippen molar-refractivity contribution in [1.82, 2.24) is 9.80 Å². The van der Waals surface area contributed by atoms with Gasteiger partial charge in [-0.3, -0.25) is 14.5 Å². The third-order valence-corrected chi connectivity index (χ3v) is 5.30. The van der Waals surface area contributed by atoms with Crippen molar-refractivity contribution in [3.05, 3.63) is 35.4 Å². The number of hydrogen-bond donors (Lipinski definition) is 0. The average molecular weight is 355 g/mol. The summed E-state index contributed by atoms with van der Waals surface area (Å²) < 4.78 is 5.19. The number of imide groups is 1. The summed E-state index contributed by atoms with van der Waals surface area (Å²) in [6, 6.07) is 8.39. The fraction of sp³-hybridized carbons (Fsp3) is 0.474. The molecule has 0 atom stereocenters. The molecule has 1 aliphatic carbocycles. The first-order valence-electron chi connectivity index (χ1n) is 8.73. The Morgan fingerprint density at radius 3 is 2.62 bits per heavy atom. The van der Waals surface area contributed by atoms with Crippen LogP contribution in [0.15, 0.2) is 24.3 Å². The van der Waals surface area contributed by atoms with Gasteiger partial charge in [-0.25, -0.2) is 4.79 Å². The zero-order chi connectivity index (χ0) is 18.7. The van der Waals surface area contributed by atoms with E-state index < -0.39 is 24.1 Å². The van der Waals surface area contributed by atoms with E-state index in [-0.39, 0.29) is 12.5 Å². The number of esters is 1. The number of benzene rings is 1. The molecule has 1 aromatic carbocycles. The molecule has 7 nitrogen and oxygen atoms in total. The van der Waals surface area contributed by atoms with Crippen molar-refractivity contribution in [2.45, 2.75) is 44.2 Å². The Morgan fingerprint density at radius 1 is 1.23 bits per heavy atom. The summed E-state index contributed by atoms with van der Waals surface area (Å²) in [5.41, 5.74) is 0.209. The first kappa shape index (κ1) is 17.9. The molecule has 1 aliphatic heterocycles. The molecule has 1 aromatic rings. The SMILES string of the molecule is CN1C(=O)N(CC(=O)OCc2ccccc2C#N)C(=O)C12CCCCC2. The Balaban J connectivity index is 1.65. The molecule has 26 heavy (non-hydrogen) atoms. The van der Waals surface area contributed by atoms with E-state index in [9.17, 15) is 14.4 Å². The number of hydrogen-bond acceptors (Lipinski definition) is 5. The van der Waals surface area contributed by atoms with E-state index in [2.05, 4.69) is 0 Å². The monoisotopic (exact) mass is 355 g/mol. The number of likely N-dealkylation sites (N-methyl/N-ethyl adjacent to an activating group) is 1. The van der Waals surface area contributed by atoms with Crippen LogP contribution in [-0.4, -0.2) is 46.8 Å². The molecule has 3 rings (SSSR count). The largest absolute Gasteiger partial charge is 0.459 e. The molecule has 1 saturated carbocycles. The molecular formula is C19H21N3O4. The molecule has 136 valence electrons. The van der Waals surface area contributed by atoms with Crippen LogP contribution in [0.5, 0.6) is 0 Å². The maximum atomic E-state index is 12.8. The molecule has 0 aromatic heterocycles. The van der Waals surface area contributed by atoms with Crippen LogP contribution in [0.3, 0.4) is 0 Å². The maximum Gasteiger partial charge on any atom is 0.327 e. The van der Waals surface area contributed by atoms with Gasteiger partial charge < -0.3 is 9.64 Å². The van der Waals surface area contributed by atoms with E-state index in [4.69, 9.17) is 10.00 Å². The number of carbonyl (C=O) groups is 3. The Labute approximate surface area is 152 Å². The first-order chi connectivity index (χ1) is 12.5. The second-order valence-electron chi connectivity index (χ2n) is 6.75. The molecule has 1 saturated heterocycles. The summed E-state index contributed by atoms with van der Waals surface area (Å²) >= 11 is 0. The molecule has 0 N–H and O–H groups in total. The van der Waals surface area contributed by atoms with E-state index in [0.29, 0.717) is 24.0 Å². The van der Waals surface area contributed by atoms with E-state index >= 15 is 0 Å². The molecule has 2 fully saturated rings. The molecule has 1 heterocycles. The lowest BCUT2D eigenvalue weighted by Gasteiger charge is -2.35. The predicted molar refractivity (Wildman–Crippen MR) is 91.6 cm³/mol. The summed E-state index contributed by atoms with van der Waals surface area (Å²) in [6.07, 6.45) is 4.11. The Morgan fingerprint density at radius 2 is 1.92 bits per heavy atom. The lowest BCUT2D eigenvalue weighted by molar-refractivity contribution is -0.149. The van der Waals surface area contributed by atoms with E-state index in [1.54, 1.807) is 31.3 Å². The standard InChI is InChI=1S/C19H21N3O4/c1-21-18(25)22(17(24)19(21)9-5-2-6-10-19)12-16(23)26-13-15-8-4-3-7-14(15)11-20/h3-4,7-8H,2,5-6,9-10,12-13H2,1H3. The summed E-state index contributed by atoms with van der Waals surface area (Å²) in [4.78, 5) is 39.9. The van der Waals surface area contributed by atoms with Crippen LogP contribution >= 0.6 is 0 Å². The average Bonchev–Trinajstić information content (AvgIpc) is 2.83. The number of amides is 3. The second-order valence-corrected chi connectivity index (χ2v) is 6.75. The molecule has 0 radical (unpaired) electrons. The minimum Gasteiger partial charge on any atom is -0.459 e. The van der Waals surface area contributed by atoms with E-state index in [1.165, 1.54) is 4.90 Å². The third-order valence-electron chi connectivity index (χ3n) is 5.30. The van der Waals surface area contributed by atoms with Crippen molar-refractivity contribution < 1.29 is 19.1 Å². The van der Waals surface area contributed by atoms with Crippen LogP contribution in [0.25, 0.3) is 0 Å². The fourth-order valence-corrected chi connectivity index (χ4v) is 3.76. The van der Waals surface area contributed by atoms with E-state index in [0.717, 1.165) is 24.2 Å². The van der Waals surface area contributed by atoms with Crippen LogP contribution in [0.2, 0.25) is 0 Å². The molecule has 7 heteroatoms. The van der Waals surface area contributed by atoms with Crippen molar-refractivity contribution in [1.29, 1.82) is 5.26 Å². The van der Waals surface area contributed by atoms with Gasteiger partial charge in [0.25, 0.3) is 5.91 Å². The zero-order valence-electron chi connectivity index (χ0n) is 14.7. The van der Waals surface area contributed by atoms with Gasteiger partial charge in [-0.05, 0) is 18.9 Å². The minimum atomic E-state index is -0.803. The van der Waals surface area contributed by atoms with Crippen LogP contribution in [0.4, 0.5) is 4.79 Å². The summed E-state index contributed by atoms with van der Waals surface area (Å²) in [7, 11) is 1.63. The normalized spacial score (nSPS) is 18.9. The van der Waals surface area contributed by atoms with Crippen LogP contribution in [-0.2, 0) is 20.9 Å². The topological polar surface area (TPSA) is 90.7 Å². The summed E-state index contributed by atoms with van der Waals surface area (Å²) in [5, 5.41) is 9.06. The molecule has 0 bridgehead atoms. The Hall–Kier alpha value is -2.88. The number of urea groups is 1. The van der Waals surface area contributed by atoms with Gasteiger partial charge in [-0.2, -0.15) is 5.26 Å². The van der Waals surface area contributed by atoms with Gasteiger partial charge in [0.2, 0.25) is 0 Å². The molecule has 1 spiro atoms. The van der Waals surface area contributed by atoms with Crippen LogP contribution in [0, 0.1) is 11.3 Å². The molecule has 2 aliphatic rings. The molecular weight excluding hydrogens is 334 g/mol. The highest BCUT2D eigenvalue weighted by molar-refractivity contribution is 6.08. The molecule has 0 unspecified atom stereocenters. The number of nitriles is 1.